The molecule has 3 unspecified atom stereocenters. The first-order chi connectivity index (χ1) is 10.2. The van der Waals surface area contributed by atoms with Gasteiger partial charge < -0.3 is 40.7 Å². The van der Waals surface area contributed by atoms with Crippen molar-refractivity contribution in [1.82, 2.24) is 5.32 Å². The van der Waals surface area contributed by atoms with E-state index in [-0.39, 0.29) is 52.4 Å². The fourth-order valence-corrected chi connectivity index (χ4v) is 3.95. The van der Waals surface area contributed by atoms with E-state index < -0.39 is 5.91 Å². The van der Waals surface area contributed by atoms with Gasteiger partial charge in [0.15, 0.2) is 0 Å². The molecule has 0 saturated heterocycles. The SMILES string of the molecule is CC([NH-])=O.CCC(C)C1(C(C)CC)CCCC(NC(C)=O)C1.[Cl-].[Cl-].[Ti+3]. The van der Waals surface area contributed by atoms with Gasteiger partial charge in [-0.05, 0) is 43.4 Å². The minimum atomic E-state index is -0.583. The van der Waals surface area contributed by atoms with Crippen LogP contribution >= 0.6 is 0 Å². The van der Waals surface area contributed by atoms with Gasteiger partial charge in [-0.15, -0.1) is 0 Å². The van der Waals surface area contributed by atoms with E-state index in [1.54, 1.807) is 6.92 Å². The fraction of sp³-hybridized carbons (Fsp3) is 0.889. The van der Waals surface area contributed by atoms with Crippen LogP contribution in [0.25, 0.3) is 5.73 Å². The average molecular weight is 430 g/mol. The first-order valence-electron chi connectivity index (χ1n) is 8.68. The maximum absolute atomic E-state index is 11.3. The maximum Gasteiger partial charge on any atom is 3.00 e. The molecule has 0 spiro atoms. The molecule has 0 bridgehead atoms. The second-order valence-electron chi connectivity index (χ2n) is 6.90. The van der Waals surface area contributed by atoms with Crippen LogP contribution in [0.5, 0.6) is 0 Å². The first kappa shape index (κ1) is 32.9. The van der Waals surface area contributed by atoms with Gasteiger partial charge in [0.2, 0.25) is 5.91 Å². The summed E-state index contributed by atoms with van der Waals surface area (Å²) in [6, 6.07) is 0.402. The van der Waals surface area contributed by atoms with E-state index in [1.165, 1.54) is 39.0 Å². The topological polar surface area (TPSA) is 70.0 Å². The monoisotopic (exact) mass is 429 g/mol. The third-order valence-corrected chi connectivity index (χ3v) is 5.42. The maximum atomic E-state index is 11.3. The van der Waals surface area contributed by atoms with Crippen molar-refractivity contribution >= 4 is 11.8 Å². The molecule has 3 atom stereocenters. The summed E-state index contributed by atoms with van der Waals surface area (Å²) in [5.41, 5.74) is 6.38. The van der Waals surface area contributed by atoms with Crippen molar-refractivity contribution in [3.05, 3.63) is 5.73 Å². The zero-order valence-corrected chi connectivity index (χ0v) is 19.6. The normalized spacial score (nSPS) is 23.8. The molecular weight excluding hydrogens is 395 g/mol. The van der Waals surface area contributed by atoms with Crippen LogP contribution in [-0.2, 0) is 31.3 Å². The molecule has 2 N–H and O–H groups in total. The van der Waals surface area contributed by atoms with Crippen LogP contribution in [0.15, 0.2) is 0 Å². The molecular formula is C18H35Cl2N2O2Ti. The van der Waals surface area contributed by atoms with E-state index in [0.29, 0.717) is 11.5 Å². The fourth-order valence-electron chi connectivity index (χ4n) is 3.95. The summed E-state index contributed by atoms with van der Waals surface area (Å²) >= 11 is 0. The van der Waals surface area contributed by atoms with Crippen LogP contribution in [-0.4, -0.2) is 17.9 Å². The first-order valence-corrected chi connectivity index (χ1v) is 8.68. The summed E-state index contributed by atoms with van der Waals surface area (Å²) in [7, 11) is 0. The Kier molecular flexibility index (Phi) is 21.6. The van der Waals surface area contributed by atoms with Gasteiger partial charge in [0, 0.05) is 18.9 Å². The Hall–Kier alpha value is 0.234. The van der Waals surface area contributed by atoms with E-state index in [2.05, 4.69) is 33.0 Å². The molecule has 1 rings (SSSR count). The van der Waals surface area contributed by atoms with Crippen molar-refractivity contribution in [2.45, 2.75) is 86.1 Å². The zero-order valence-electron chi connectivity index (χ0n) is 16.5. The Balaban J connectivity index is -0.000000285. The zero-order chi connectivity index (χ0) is 17.3. The molecule has 0 aromatic heterocycles. The van der Waals surface area contributed by atoms with Crippen LogP contribution in [0.2, 0.25) is 0 Å². The average Bonchev–Trinajstić information content (AvgIpc) is 2.44. The molecule has 25 heavy (non-hydrogen) atoms. The molecule has 0 aromatic carbocycles. The predicted octanol–water partition coefficient (Wildman–Crippen LogP) is -1.27. The van der Waals surface area contributed by atoms with Gasteiger partial charge in [0.1, 0.15) is 0 Å². The van der Waals surface area contributed by atoms with Gasteiger partial charge in [0.05, 0.1) is 0 Å². The number of amides is 2. The van der Waals surface area contributed by atoms with Crippen molar-refractivity contribution in [3.63, 3.8) is 0 Å². The van der Waals surface area contributed by atoms with Gasteiger partial charge in [-0.3, -0.25) is 4.79 Å². The van der Waals surface area contributed by atoms with Crippen LogP contribution in [0, 0.1) is 17.3 Å². The Bertz CT molecular complexity index is 357. The van der Waals surface area contributed by atoms with Gasteiger partial charge in [-0.25, -0.2) is 0 Å². The molecule has 1 fully saturated rings. The van der Waals surface area contributed by atoms with Gasteiger partial charge in [-0.2, -0.15) is 0 Å². The van der Waals surface area contributed by atoms with E-state index in [1.807, 2.05) is 0 Å². The number of rotatable bonds is 5. The molecule has 0 aromatic rings. The minimum absolute atomic E-state index is 0. The van der Waals surface area contributed by atoms with E-state index >= 15 is 0 Å². The molecule has 0 heterocycles. The van der Waals surface area contributed by atoms with Gasteiger partial charge in [-0.1, -0.05) is 47.0 Å². The molecule has 2 amide bonds. The quantitative estimate of drug-likeness (QED) is 0.553. The Labute approximate surface area is 181 Å². The number of carbonyl (C=O) groups excluding carboxylic acids is 2. The van der Waals surface area contributed by atoms with Crippen LogP contribution < -0.4 is 30.1 Å². The smallest absolute Gasteiger partial charge is 1.00 e. The summed E-state index contributed by atoms with van der Waals surface area (Å²) in [5.74, 6) is 1.05. The number of carbonyl (C=O) groups is 2. The summed E-state index contributed by atoms with van der Waals surface area (Å²) < 4.78 is 0. The molecule has 147 valence electrons. The van der Waals surface area contributed by atoms with Gasteiger partial charge in [0.25, 0.3) is 0 Å². The summed E-state index contributed by atoms with van der Waals surface area (Å²) in [6.45, 7) is 12.3. The van der Waals surface area contributed by atoms with Crippen molar-refractivity contribution in [2.75, 3.05) is 0 Å². The summed E-state index contributed by atoms with van der Waals surface area (Å²) in [5, 5.41) is 3.16. The Morgan fingerprint density at radius 1 is 1.12 bits per heavy atom. The number of halogens is 2. The van der Waals surface area contributed by atoms with Crippen molar-refractivity contribution in [2.24, 2.45) is 17.3 Å². The Morgan fingerprint density at radius 3 is 1.84 bits per heavy atom. The largest absolute Gasteiger partial charge is 3.00 e. The van der Waals surface area contributed by atoms with Crippen LogP contribution in [0.1, 0.15) is 80.1 Å². The second-order valence-corrected chi connectivity index (χ2v) is 6.90. The predicted molar refractivity (Wildman–Crippen MR) is 92.4 cm³/mol. The molecule has 1 saturated carbocycles. The number of hydrogen-bond acceptors (Lipinski definition) is 2. The molecule has 4 nitrogen and oxygen atoms in total. The van der Waals surface area contributed by atoms with Crippen molar-refractivity contribution in [3.8, 4) is 0 Å². The number of nitrogens with one attached hydrogen (secondary N) is 2. The van der Waals surface area contributed by atoms with Crippen molar-refractivity contribution < 1.29 is 56.1 Å². The molecule has 1 aliphatic carbocycles. The number of hydrogen-bond donors (Lipinski definition) is 1. The standard InChI is InChI=1S/C16H31NO.C2H5NO.2ClH.Ti/c1-6-12(3)16(13(4)7-2)10-8-9-15(11-16)17-14(5)18;1-2(3)4;;;/h12-13,15H,6-11H2,1-5H3,(H,17,18);1H3,(H2,3,4);2*1H;/q;;;;+3/p-3. The van der Waals surface area contributed by atoms with Crippen LogP contribution in [0.3, 0.4) is 0 Å². The minimum Gasteiger partial charge on any atom is -1.00 e. The third kappa shape index (κ3) is 11.5. The van der Waals surface area contributed by atoms with E-state index in [0.717, 1.165) is 18.3 Å². The molecule has 1 radical (unpaired) electrons. The van der Waals surface area contributed by atoms with Crippen molar-refractivity contribution in [1.29, 1.82) is 0 Å². The summed E-state index contributed by atoms with van der Waals surface area (Å²) in [6.07, 6.45) is 7.44. The third-order valence-electron chi connectivity index (χ3n) is 5.42. The second kappa shape index (κ2) is 16.4. The molecule has 7 heteroatoms. The summed E-state index contributed by atoms with van der Waals surface area (Å²) in [4.78, 5) is 20.4. The Morgan fingerprint density at radius 2 is 1.52 bits per heavy atom. The molecule has 1 aliphatic rings. The molecule has 0 aliphatic heterocycles. The van der Waals surface area contributed by atoms with E-state index in [4.69, 9.17) is 10.5 Å². The van der Waals surface area contributed by atoms with Crippen LogP contribution in [0.4, 0.5) is 0 Å². The van der Waals surface area contributed by atoms with Gasteiger partial charge >= 0.3 is 21.7 Å². The van der Waals surface area contributed by atoms with E-state index in [9.17, 15) is 4.79 Å².